The average molecular weight is 405 g/mol. The van der Waals surface area contributed by atoms with E-state index in [0.29, 0.717) is 5.41 Å². The monoisotopic (exact) mass is 404 g/mol. The summed E-state index contributed by atoms with van der Waals surface area (Å²) in [6.07, 6.45) is 6.56. The number of hydrogen-bond donors (Lipinski definition) is 1. The second-order valence-electron chi connectivity index (χ2n) is 7.82. The van der Waals surface area contributed by atoms with Gasteiger partial charge in [0.25, 0.3) is 0 Å². The molecule has 1 saturated carbocycles. The second kappa shape index (κ2) is 7.28. The van der Waals surface area contributed by atoms with Crippen LogP contribution in [0.15, 0.2) is 33.7 Å². The van der Waals surface area contributed by atoms with Crippen LogP contribution in [0.25, 0.3) is 0 Å². The molecule has 1 N–H and O–H groups in total. The van der Waals surface area contributed by atoms with Crippen LogP contribution in [0.3, 0.4) is 0 Å². The van der Waals surface area contributed by atoms with E-state index in [-0.39, 0.29) is 0 Å². The molecule has 136 valence electrons. The number of nitrogens with one attached hydrogen (secondary N) is 1. The number of halogens is 1. The minimum Gasteiger partial charge on any atom is -0.355 e. The number of benzene rings is 1. The summed E-state index contributed by atoms with van der Waals surface area (Å²) < 4.78 is 1.17. The normalized spacial score (nSPS) is 26.2. The number of rotatable bonds is 4. The van der Waals surface area contributed by atoms with E-state index in [2.05, 4.69) is 60.3 Å². The van der Waals surface area contributed by atoms with Gasteiger partial charge >= 0.3 is 0 Å². The quantitative estimate of drug-likeness (QED) is 0.617. The van der Waals surface area contributed by atoms with Gasteiger partial charge in [0, 0.05) is 42.6 Å². The molecule has 2 saturated heterocycles. The molecule has 1 atom stereocenters. The zero-order valence-corrected chi connectivity index (χ0v) is 16.8. The lowest BCUT2D eigenvalue weighted by Gasteiger charge is -2.27. The third-order valence-corrected chi connectivity index (χ3v) is 6.70. The molecule has 5 heteroatoms. The third kappa shape index (κ3) is 3.72. The van der Waals surface area contributed by atoms with Crippen molar-refractivity contribution in [3.05, 3.63) is 34.3 Å². The van der Waals surface area contributed by atoms with Gasteiger partial charge in [-0.05, 0) is 62.9 Å². The standard InChI is InChI=1S/C20H29BrN4/c1-22-19(25-12-7-18(14-25)24-10-2-3-11-24)23-15-20(8-9-20)16-5-4-6-17(21)13-16/h4-6,13,18H,2-3,7-12,14-15H2,1H3,(H,22,23). The van der Waals surface area contributed by atoms with Gasteiger partial charge in [-0.3, -0.25) is 9.89 Å². The highest BCUT2D eigenvalue weighted by Crippen LogP contribution is 2.48. The molecule has 2 heterocycles. The van der Waals surface area contributed by atoms with E-state index in [9.17, 15) is 0 Å². The highest BCUT2D eigenvalue weighted by Gasteiger charge is 2.44. The van der Waals surface area contributed by atoms with Crippen LogP contribution in [0.1, 0.15) is 37.7 Å². The maximum absolute atomic E-state index is 4.58. The van der Waals surface area contributed by atoms with Gasteiger partial charge in [-0.1, -0.05) is 28.1 Å². The van der Waals surface area contributed by atoms with Crippen LogP contribution in [0.2, 0.25) is 0 Å². The number of guanidine groups is 1. The first kappa shape index (κ1) is 17.3. The summed E-state index contributed by atoms with van der Waals surface area (Å²) in [6.45, 7) is 5.82. The zero-order valence-electron chi connectivity index (χ0n) is 15.2. The summed E-state index contributed by atoms with van der Waals surface area (Å²) in [5, 5.41) is 3.69. The fourth-order valence-electron chi connectivity index (χ4n) is 4.46. The van der Waals surface area contributed by atoms with Crippen LogP contribution in [-0.2, 0) is 5.41 Å². The minimum atomic E-state index is 0.299. The van der Waals surface area contributed by atoms with Gasteiger partial charge in [0.15, 0.2) is 5.96 Å². The molecule has 0 radical (unpaired) electrons. The molecule has 1 aromatic rings. The van der Waals surface area contributed by atoms with Crippen LogP contribution in [-0.4, -0.2) is 61.6 Å². The van der Waals surface area contributed by atoms with Gasteiger partial charge in [0.1, 0.15) is 0 Å². The largest absolute Gasteiger partial charge is 0.355 e. The SMILES string of the molecule is CN=C(NCC1(c2cccc(Br)c2)CC1)N1CCC(N2CCCC2)C1. The molecular weight excluding hydrogens is 376 g/mol. The van der Waals surface area contributed by atoms with Gasteiger partial charge in [-0.25, -0.2) is 0 Å². The lowest BCUT2D eigenvalue weighted by atomic mass is 9.96. The molecule has 1 aliphatic carbocycles. The lowest BCUT2D eigenvalue weighted by molar-refractivity contribution is 0.249. The summed E-state index contributed by atoms with van der Waals surface area (Å²) in [5.41, 5.74) is 1.74. The lowest BCUT2D eigenvalue weighted by Crippen LogP contribution is -2.44. The molecular formula is C20H29BrN4. The van der Waals surface area contributed by atoms with E-state index in [1.165, 1.54) is 55.2 Å². The van der Waals surface area contributed by atoms with Gasteiger partial charge in [0.2, 0.25) is 0 Å². The zero-order chi connectivity index (χ0) is 17.3. The van der Waals surface area contributed by atoms with E-state index in [1.54, 1.807) is 0 Å². The summed E-state index contributed by atoms with van der Waals surface area (Å²) >= 11 is 3.61. The highest BCUT2D eigenvalue weighted by molar-refractivity contribution is 9.10. The van der Waals surface area contributed by atoms with Crippen LogP contribution in [0, 0.1) is 0 Å². The van der Waals surface area contributed by atoms with Crippen molar-refractivity contribution in [1.82, 2.24) is 15.1 Å². The second-order valence-corrected chi connectivity index (χ2v) is 8.74. The topological polar surface area (TPSA) is 30.9 Å². The minimum absolute atomic E-state index is 0.299. The molecule has 3 aliphatic rings. The van der Waals surface area contributed by atoms with Crippen molar-refractivity contribution < 1.29 is 0 Å². The molecule has 4 rings (SSSR count). The molecule has 25 heavy (non-hydrogen) atoms. The van der Waals surface area contributed by atoms with Crippen LogP contribution in [0.4, 0.5) is 0 Å². The highest BCUT2D eigenvalue weighted by atomic mass is 79.9. The summed E-state index contributed by atoms with van der Waals surface area (Å²) in [5.74, 6) is 1.09. The van der Waals surface area contributed by atoms with Crippen LogP contribution in [0.5, 0.6) is 0 Å². The Morgan fingerprint density at radius 2 is 2.08 bits per heavy atom. The van der Waals surface area contributed by atoms with Gasteiger partial charge in [-0.2, -0.15) is 0 Å². The number of hydrogen-bond acceptors (Lipinski definition) is 2. The smallest absolute Gasteiger partial charge is 0.193 e. The Labute approximate surface area is 159 Å². The van der Waals surface area contributed by atoms with Crippen molar-refractivity contribution >= 4 is 21.9 Å². The first-order valence-corrected chi connectivity index (χ1v) is 10.5. The fraction of sp³-hybridized carbons (Fsp3) is 0.650. The maximum atomic E-state index is 4.58. The Bertz CT molecular complexity index is 634. The van der Waals surface area contributed by atoms with Gasteiger partial charge in [-0.15, -0.1) is 0 Å². The molecule has 3 fully saturated rings. The number of aliphatic imine (C=N–C) groups is 1. The Kier molecular flexibility index (Phi) is 5.05. The van der Waals surface area contributed by atoms with Gasteiger partial charge < -0.3 is 10.2 Å². The van der Waals surface area contributed by atoms with Crippen molar-refractivity contribution in [2.24, 2.45) is 4.99 Å². The number of likely N-dealkylation sites (tertiary alicyclic amines) is 2. The van der Waals surface area contributed by atoms with Crippen LogP contribution < -0.4 is 5.32 Å². The Morgan fingerprint density at radius 3 is 2.76 bits per heavy atom. The molecule has 2 aliphatic heterocycles. The van der Waals surface area contributed by atoms with E-state index in [4.69, 9.17) is 0 Å². The summed E-state index contributed by atoms with van der Waals surface area (Å²) in [7, 11) is 1.92. The third-order valence-electron chi connectivity index (χ3n) is 6.21. The Balaban J connectivity index is 1.35. The van der Waals surface area contributed by atoms with Crippen molar-refractivity contribution in [2.45, 2.75) is 43.6 Å². The Hall–Kier alpha value is -1.07. The first-order chi connectivity index (χ1) is 12.2. The summed E-state index contributed by atoms with van der Waals surface area (Å²) in [6, 6.07) is 9.52. The summed E-state index contributed by atoms with van der Waals surface area (Å²) in [4.78, 5) is 9.71. The average Bonchev–Trinajstić information content (AvgIpc) is 3.02. The van der Waals surface area contributed by atoms with E-state index in [0.717, 1.165) is 31.6 Å². The van der Waals surface area contributed by atoms with Crippen molar-refractivity contribution in [3.8, 4) is 0 Å². The number of nitrogens with zero attached hydrogens (tertiary/aromatic N) is 3. The van der Waals surface area contributed by atoms with Gasteiger partial charge in [0.05, 0.1) is 0 Å². The van der Waals surface area contributed by atoms with Crippen LogP contribution >= 0.6 is 15.9 Å². The molecule has 0 spiro atoms. The molecule has 1 unspecified atom stereocenters. The molecule has 0 amide bonds. The molecule has 0 bridgehead atoms. The predicted molar refractivity (Wildman–Crippen MR) is 107 cm³/mol. The molecule has 4 nitrogen and oxygen atoms in total. The van der Waals surface area contributed by atoms with Crippen molar-refractivity contribution in [1.29, 1.82) is 0 Å². The molecule has 1 aromatic carbocycles. The molecule has 0 aromatic heterocycles. The van der Waals surface area contributed by atoms with E-state index in [1.807, 2.05) is 7.05 Å². The van der Waals surface area contributed by atoms with Crippen molar-refractivity contribution in [2.75, 3.05) is 39.8 Å². The maximum Gasteiger partial charge on any atom is 0.193 e. The van der Waals surface area contributed by atoms with Crippen molar-refractivity contribution in [3.63, 3.8) is 0 Å². The fourth-order valence-corrected chi connectivity index (χ4v) is 4.86. The predicted octanol–water partition coefficient (Wildman–Crippen LogP) is 3.23. The van der Waals surface area contributed by atoms with E-state index < -0.39 is 0 Å². The van der Waals surface area contributed by atoms with E-state index >= 15 is 0 Å². The first-order valence-electron chi connectivity index (χ1n) is 9.66. The Morgan fingerprint density at radius 1 is 1.28 bits per heavy atom.